The minimum absolute atomic E-state index is 0.00539. The van der Waals surface area contributed by atoms with Gasteiger partial charge in [0.1, 0.15) is 10.5 Å². The van der Waals surface area contributed by atoms with E-state index >= 15 is 13.2 Å². The van der Waals surface area contributed by atoms with Gasteiger partial charge in [0.05, 0.1) is 34.8 Å². The highest BCUT2D eigenvalue weighted by molar-refractivity contribution is 6.33. The van der Waals surface area contributed by atoms with Gasteiger partial charge in [-0.3, -0.25) is 9.48 Å². The first-order valence-electron chi connectivity index (χ1n) is 20.3. The Kier molecular flexibility index (Phi) is 8.85. The Labute approximate surface area is 343 Å². The second-order valence-electron chi connectivity index (χ2n) is 17.3. The summed E-state index contributed by atoms with van der Waals surface area (Å²) in [6.45, 7) is 8.93. The average molecular weight is 827 g/mol. The van der Waals surface area contributed by atoms with E-state index in [4.69, 9.17) is 26.4 Å². The Balaban J connectivity index is 0.809. The lowest BCUT2D eigenvalue weighted by Crippen LogP contribution is -2.59. The van der Waals surface area contributed by atoms with E-state index in [1.807, 2.05) is 12.1 Å². The number of fused-ring (bicyclic) bond motifs is 4. The zero-order chi connectivity index (χ0) is 41.0. The number of aryl methyl sites for hydroxylation is 2. The largest absolute Gasteiger partial charge is 0.480 e. The number of allylic oxidation sites excluding steroid dienone is 2. The molecule has 10 rings (SSSR count). The summed E-state index contributed by atoms with van der Waals surface area (Å²) in [5.74, 6) is -2.78. The van der Waals surface area contributed by atoms with Gasteiger partial charge < -0.3 is 35.5 Å². The Morgan fingerprint density at radius 2 is 1.81 bits per heavy atom. The first-order chi connectivity index (χ1) is 28.3. The fourth-order valence-electron chi connectivity index (χ4n) is 9.73. The number of ether oxygens (including phenoxy) is 1. The van der Waals surface area contributed by atoms with Crippen molar-refractivity contribution in [3.8, 4) is 5.75 Å². The van der Waals surface area contributed by atoms with E-state index < -0.39 is 24.1 Å². The fourth-order valence-corrected chi connectivity index (χ4v) is 9.87. The number of rotatable bonds is 7. The number of piperidine rings is 1. The van der Waals surface area contributed by atoms with E-state index in [-0.39, 0.29) is 40.5 Å². The van der Waals surface area contributed by atoms with E-state index in [0.29, 0.717) is 57.4 Å². The van der Waals surface area contributed by atoms with Crippen LogP contribution in [0.15, 0.2) is 65.9 Å². The van der Waals surface area contributed by atoms with Gasteiger partial charge in [-0.25, -0.2) is 18.2 Å². The van der Waals surface area contributed by atoms with E-state index in [9.17, 15) is 4.79 Å². The number of pyridine rings is 1. The summed E-state index contributed by atoms with van der Waals surface area (Å²) in [5.41, 5.74) is 4.68. The number of alkyl halides is 2. The Morgan fingerprint density at radius 3 is 2.56 bits per heavy atom. The predicted molar refractivity (Wildman–Crippen MR) is 225 cm³/mol. The smallest absolute Gasteiger partial charge is 0.301 e. The summed E-state index contributed by atoms with van der Waals surface area (Å²) in [6, 6.07) is 8.18. The Hall–Kier alpha value is -5.44. The van der Waals surface area contributed by atoms with Crippen LogP contribution in [0.3, 0.4) is 0 Å². The van der Waals surface area contributed by atoms with Crippen molar-refractivity contribution in [2.75, 3.05) is 40.5 Å². The predicted octanol–water partition coefficient (Wildman–Crippen LogP) is 8.33. The van der Waals surface area contributed by atoms with E-state index in [1.165, 1.54) is 4.57 Å². The van der Waals surface area contributed by atoms with Gasteiger partial charge >= 0.3 is 5.92 Å². The third-order valence-electron chi connectivity index (χ3n) is 13.1. The molecule has 6 heterocycles. The molecule has 0 amide bonds. The summed E-state index contributed by atoms with van der Waals surface area (Å²) in [6.07, 6.45) is 8.40. The zero-order valence-corrected chi connectivity index (χ0v) is 33.7. The standard InChI is InChI=1S/C43H46ClF3N10O2/c1-22-5-9-27(23(2)49-22)34-28-10-11-31(33(45)36(28)56(4)54-34)50-25-13-15-42(16-14-25)19-57(20-42)41-48-18-30(44)39(53-41)51-26-8-12-32-29(17-26)35-37(40(58)55(32)3)59-21-43(46,47)38(52-35)24-6-7-24/h8,10-12,17-18,24-25,27,38,49-50,52H,1-2,5-7,9,13-16,19-21H2,3-4H3,(H,48,51,53). The molecule has 2 saturated carbocycles. The first kappa shape index (κ1) is 37.8. The van der Waals surface area contributed by atoms with Crippen LogP contribution in [-0.4, -0.2) is 62.0 Å². The summed E-state index contributed by atoms with van der Waals surface area (Å²) in [5, 5.41) is 19.5. The molecule has 2 aliphatic carbocycles. The lowest BCUT2D eigenvalue weighted by molar-refractivity contribution is -0.0579. The molecule has 2 unspecified atom stereocenters. The number of benzene rings is 2. The van der Waals surface area contributed by atoms with Crippen molar-refractivity contribution in [1.82, 2.24) is 29.6 Å². The molecule has 3 aliphatic heterocycles. The lowest BCUT2D eigenvalue weighted by Gasteiger charge is -2.53. The molecular formula is C43H46ClF3N10O2. The lowest BCUT2D eigenvalue weighted by atomic mass is 9.67. The van der Waals surface area contributed by atoms with Crippen LogP contribution >= 0.6 is 11.6 Å². The van der Waals surface area contributed by atoms with Crippen LogP contribution < -0.4 is 36.5 Å². The highest BCUT2D eigenvalue weighted by Crippen LogP contribution is 2.48. The van der Waals surface area contributed by atoms with Crippen LogP contribution in [0, 0.1) is 17.2 Å². The molecule has 5 aliphatic rings. The third-order valence-corrected chi connectivity index (χ3v) is 13.4. The number of nitrogens with zero attached hydrogens (tertiary/aromatic N) is 6. The minimum Gasteiger partial charge on any atom is -0.480 e. The topological polar surface area (TPSA) is 126 Å². The van der Waals surface area contributed by atoms with Crippen molar-refractivity contribution in [1.29, 1.82) is 0 Å². The summed E-state index contributed by atoms with van der Waals surface area (Å²) < 4.78 is 54.9. The SMILES string of the molecule is C=C1CCC(c2nn(C)c3c(F)c(NC4CCC5(CC4)CN(c4ncc(Cl)c(Nc6ccc7c(c6)c6c(c(=O)n7C)OCC(F)(F)C(C7CC7)N6)n4)C5)ccc23)C(=C)N1. The van der Waals surface area contributed by atoms with Gasteiger partial charge in [0.2, 0.25) is 11.7 Å². The highest BCUT2D eigenvalue weighted by atomic mass is 35.5. The van der Waals surface area contributed by atoms with Crippen molar-refractivity contribution in [2.24, 2.45) is 25.4 Å². The van der Waals surface area contributed by atoms with Gasteiger partial charge in [0.15, 0.2) is 18.2 Å². The number of anilines is 5. The van der Waals surface area contributed by atoms with Crippen LogP contribution in [0.25, 0.3) is 21.8 Å². The minimum atomic E-state index is -3.13. The maximum atomic E-state index is 16.1. The number of hydrogen-bond acceptors (Lipinski definition) is 10. The second-order valence-corrected chi connectivity index (χ2v) is 17.7. The molecule has 1 spiro atoms. The van der Waals surface area contributed by atoms with Crippen LogP contribution in [0.2, 0.25) is 5.02 Å². The van der Waals surface area contributed by atoms with E-state index in [2.05, 4.69) is 44.3 Å². The zero-order valence-electron chi connectivity index (χ0n) is 33.0. The first-order valence-corrected chi connectivity index (χ1v) is 20.7. The van der Waals surface area contributed by atoms with Crippen LogP contribution in [0.5, 0.6) is 5.75 Å². The van der Waals surface area contributed by atoms with Crippen LogP contribution in [0.1, 0.15) is 63.0 Å². The second kappa shape index (κ2) is 13.8. The van der Waals surface area contributed by atoms with Crippen molar-refractivity contribution in [2.45, 2.75) is 75.3 Å². The summed E-state index contributed by atoms with van der Waals surface area (Å²) in [4.78, 5) is 24.7. The summed E-state index contributed by atoms with van der Waals surface area (Å²) in [7, 11) is 3.39. The van der Waals surface area contributed by atoms with Gasteiger partial charge in [-0.15, -0.1) is 0 Å². The third kappa shape index (κ3) is 6.52. The quantitative estimate of drug-likeness (QED) is 0.127. The molecular weight excluding hydrogens is 781 g/mol. The molecule has 0 radical (unpaired) electrons. The van der Waals surface area contributed by atoms with Crippen molar-refractivity contribution < 1.29 is 17.9 Å². The number of hydrogen-bond donors (Lipinski definition) is 4. The van der Waals surface area contributed by atoms with Crippen LogP contribution in [-0.2, 0) is 14.1 Å². The molecule has 5 aromatic rings. The Bertz CT molecular complexity index is 2620. The highest BCUT2D eigenvalue weighted by Gasteiger charge is 2.51. The normalized spacial score (nSPS) is 22.6. The van der Waals surface area contributed by atoms with Gasteiger partial charge in [-0.2, -0.15) is 10.1 Å². The molecule has 4 fully saturated rings. The molecule has 2 saturated heterocycles. The van der Waals surface area contributed by atoms with Crippen LogP contribution in [0.4, 0.5) is 42.0 Å². The number of aromatic nitrogens is 5. The fraction of sp³-hybridized carbons (Fsp3) is 0.442. The number of nitrogens with one attached hydrogen (secondary N) is 4. The molecule has 2 aromatic carbocycles. The van der Waals surface area contributed by atoms with E-state index in [0.717, 1.165) is 74.1 Å². The van der Waals surface area contributed by atoms with Gasteiger partial charge in [0.25, 0.3) is 5.56 Å². The van der Waals surface area contributed by atoms with Gasteiger partial charge in [-0.05, 0) is 87.6 Å². The monoisotopic (exact) mass is 826 g/mol. The maximum absolute atomic E-state index is 16.1. The Morgan fingerprint density at radius 1 is 1.03 bits per heavy atom. The maximum Gasteiger partial charge on any atom is 0.301 e. The molecule has 0 bridgehead atoms. The molecule has 59 heavy (non-hydrogen) atoms. The molecule has 4 N–H and O–H groups in total. The molecule has 3 aromatic heterocycles. The van der Waals surface area contributed by atoms with Crippen molar-refractivity contribution in [3.05, 3.63) is 88.0 Å². The van der Waals surface area contributed by atoms with Gasteiger partial charge in [0, 0.05) is 72.4 Å². The van der Waals surface area contributed by atoms with Crippen molar-refractivity contribution in [3.63, 3.8) is 0 Å². The molecule has 308 valence electrons. The van der Waals surface area contributed by atoms with Crippen molar-refractivity contribution >= 4 is 62.2 Å². The molecule has 2 atom stereocenters. The molecule has 16 heteroatoms. The average Bonchev–Trinajstić information content (AvgIpc) is 3.99. The van der Waals surface area contributed by atoms with E-state index in [1.54, 1.807) is 43.2 Å². The van der Waals surface area contributed by atoms with Gasteiger partial charge in [-0.1, -0.05) is 24.8 Å². The number of halogens is 4. The summed E-state index contributed by atoms with van der Waals surface area (Å²) >= 11 is 6.61. The molecule has 12 nitrogen and oxygen atoms in total.